The molecule has 0 fully saturated rings. The zero-order chi connectivity index (χ0) is 15.8. The molecular formula is C13H11ClF2N2O2S. The number of rotatable bonds is 3. The third-order valence-corrected chi connectivity index (χ3v) is 4.61. The Kier molecular flexibility index (Phi) is 4.06. The smallest absolute Gasteiger partial charge is 0.263 e. The van der Waals surface area contributed by atoms with Gasteiger partial charge in [-0.3, -0.25) is 4.72 Å². The maximum Gasteiger partial charge on any atom is 0.263 e. The minimum atomic E-state index is -4.19. The number of sulfonamides is 1. The van der Waals surface area contributed by atoms with Gasteiger partial charge in [0.15, 0.2) is 0 Å². The number of hydrogen-bond acceptors (Lipinski definition) is 3. The van der Waals surface area contributed by atoms with Crippen molar-refractivity contribution in [1.82, 2.24) is 0 Å². The molecule has 0 aliphatic heterocycles. The largest absolute Gasteiger partial charge is 0.398 e. The SMILES string of the molecule is Cc1cc(Cl)c(S(=O)(=O)Nc2cc(F)ccc2F)cc1N. The number of nitrogens with two attached hydrogens (primary N) is 1. The Balaban J connectivity index is 2.48. The lowest BCUT2D eigenvalue weighted by Gasteiger charge is -2.12. The molecule has 2 rings (SSSR count). The molecule has 4 nitrogen and oxygen atoms in total. The third-order valence-electron chi connectivity index (χ3n) is 2.78. The molecule has 0 spiro atoms. The Morgan fingerprint density at radius 3 is 2.52 bits per heavy atom. The summed E-state index contributed by atoms with van der Waals surface area (Å²) in [6.07, 6.45) is 0. The fourth-order valence-corrected chi connectivity index (χ4v) is 3.33. The van der Waals surface area contributed by atoms with Gasteiger partial charge in [-0.15, -0.1) is 0 Å². The molecule has 0 saturated heterocycles. The average Bonchev–Trinajstić information content (AvgIpc) is 2.37. The first-order chi connectivity index (χ1) is 9.70. The third kappa shape index (κ3) is 3.25. The molecule has 0 amide bonds. The van der Waals surface area contributed by atoms with Gasteiger partial charge in [-0.05, 0) is 36.8 Å². The highest BCUT2D eigenvalue weighted by Gasteiger charge is 2.21. The summed E-state index contributed by atoms with van der Waals surface area (Å²) < 4.78 is 52.9. The van der Waals surface area contributed by atoms with Crippen LogP contribution in [0.2, 0.25) is 5.02 Å². The van der Waals surface area contributed by atoms with Crippen LogP contribution < -0.4 is 10.5 Å². The van der Waals surface area contributed by atoms with Crippen LogP contribution in [0.1, 0.15) is 5.56 Å². The average molecular weight is 333 g/mol. The molecule has 0 unspecified atom stereocenters. The molecule has 0 atom stereocenters. The fourth-order valence-electron chi connectivity index (χ4n) is 1.65. The summed E-state index contributed by atoms with van der Waals surface area (Å²) in [6, 6.07) is 4.98. The maximum absolute atomic E-state index is 13.5. The van der Waals surface area contributed by atoms with E-state index in [0.29, 0.717) is 5.56 Å². The van der Waals surface area contributed by atoms with E-state index < -0.39 is 27.3 Å². The van der Waals surface area contributed by atoms with Gasteiger partial charge in [0.05, 0.1) is 10.7 Å². The summed E-state index contributed by atoms with van der Waals surface area (Å²) in [5.41, 5.74) is 5.97. The van der Waals surface area contributed by atoms with E-state index in [-0.39, 0.29) is 15.6 Å². The number of anilines is 2. The first-order valence-corrected chi connectivity index (χ1v) is 7.60. The van der Waals surface area contributed by atoms with Crippen molar-refractivity contribution in [3.05, 3.63) is 52.6 Å². The minimum Gasteiger partial charge on any atom is -0.398 e. The van der Waals surface area contributed by atoms with Crippen LogP contribution in [0.4, 0.5) is 20.2 Å². The van der Waals surface area contributed by atoms with Gasteiger partial charge in [0, 0.05) is 11.8 Å². The van der Waals surface area contributed by atoms with Crippen molar-refractivity contribution in [2.75, 3.05) is 10.5 Å². The molecule has 0 saturated carbocycles. The molecule has 21 heavy (non-hydrogen) atoms. The van der Waals surface area contributed by atoms with Crippen LogP contribution >= 0.6 is 11.6 Å². The van der Waals surface area contributed by atoms with Crippen LogP contribution in [0.25, 0.3) is 0 Å². The molecule has 112 valence electrons. The van der Waals surface area contributed by atoms with Crippen molar-refractivity contribution >= 4 is 33.0 Å². The van der Waals surface area contributed by atoms with Crippen molar-refractivity contribution in [2.24, 2.45) is 0 Å². The quantitative estimate of drug-likeness (QED) is 0.847. The van der Waals surface area contributed by atoms with E-state index in [2.05, 4.69) is 0 Å². The van der Waals surface area contributed by atoms with E-state index in [1.807, 2.05) is 4.72 Å². The minimum absolute atomic E-state index is 0.0639. The second kappa shape index (κ2) is 5.50. The van der Waals surface area contributed by atoms with Gasteiger partial charge in [-0.2, -0.15) is 0 Å². The highest BCUT2D eigenvalue weighted by atomic mass is 35.5. The van der Waals surface area contributed by atoms with Crippen molar-refractivity contribution in [3.63, 3.8) is 0 Å². The van der Waals surface area contributed by atoms with Crippen molar-refractivity contribution < 1.29 is 17.2 Å². The Hall–Kier alpha value is -1.86. The molecule has 2 aromatic carbocycles. The first-order valence-electron chi connectivity index (χ1n) is 5.74. The zero-order valence-electron chi connectivity index (χ0n) is 10.8. The van der Waals surface area contributed by atoms with Gasteiger partial charge in [0.2, 0.25) is 0 Å². The highest BCUT2D eigenvalue weighted by Crippen LogP contribution is 2.29. The lowest BCUT2D eigenvalue weighted by molar-refractivity contribution is 0.594. The van der Waals surface area contributed by atoms with Crippen LogP contribution in [-0.4, -0.2) is 8.42 Å². The molecule has 0 aliphatic carbocycles. The summed E-state index contributed by atoms with van der Waals surface area (Å²) in [4.78, 5) is -0.309. The summed E-state index contributed by atoms with van der Waals surface area (Å²) in [5.74, 6) is -1.68. The number of benzene rings is 2. The van der Waals surface area contributed by atoms with E-state index in [9.17, 15) is 17.2 Å². The predicted octanol–water partition coefficient (Wildman–Crippen LogP) is 3.31. The number of hydrogen-bond donors (Lipinski definition) is 2. The van der Waals surface area contributed by atoms with E-state index in [4.69, 9.17) is 17.3 Å². The first kappa shape index (κ1) is 15.5. The number of nitrogen functional groups attached to an aromatic ring is 1. The molecule has 8 heteroatoms. The van der Waals surface area contributed by atoms with Crippen LogP contribution in [0, 0.1) is 18.6 Å². The Bertz CT molecular complexity index is 810. The highest BCUT2D eigenvalue weighted by molar-refractivity contribution is 7.92. The van der Waals surface area contributed by atoms with Crippen LogP contribution in [0.3, 0.4) is 0 Å². The second-order valence-electron chi connectivity index (χ2n) is 4.37. The molecule has 0 heterocycles. The zero-order valence-corrected chi connectivity index (χ0v) is 12.4. The standard InChI is InChI=1S/C13H11ClF2N2O2S/c1-7-4-9(14)13(6-11(7)17)21(19,20)18-12-5-8(15)2-3-10(12)16/h2-6,18H,17H2,1H3. The van der Waals surface area contributed by atoms with Crippen molar-refractivity contribution in [2.45, 2.75) is 11.8 Å². The molecule has 0 radical (unpaired) electrons. The molecule has 3 N–H and O–H groups in total. The van der Waals surface area contributed by atoms with Crippen LogP contribution in [0.5, 0.6) is 0 Å². The molecular weight excluding hydrogens is 322 g/mol. The topological polar surface area (TPSA) is 72.2 Å². The summed E-state index contributed by atoms with van der Waals surface area (Å²) >= 11 is 5.88. The van der Waals surface area contributed by atoms with E-state index in [1.165, 1.54) is 6.07 Å². The van der Waals surface area contributed by atoms with E-state index >= 15 is 0 Å². The number of nitrogens with one attached hydrogen (secondary N) is 1. The lowest BCUT2D eigenvalue weighted by Crippen LogP contribution is -2.15. The van der Waals surface area contributed by atoms with Gasteiger partial charge in [0.25, 0.3) is 10.0 Å². The van der Waals surface area contributed by atoms with Crippen LogP contribution in [0.15, 0.2) is 35.2 Å². The number of aryl methyl sites for hydroxylation is 1. The van der Waals surface area contributed by atoms with E-state index in [0.717, 1.165) is 24.3 Å². The van der Waals surface area contributed by atoms with Crippen molar-refractivity contribution in [1.29, 1.82) is 0 Å². The van der Waals surface area contributed by atoms with Gasteiger partial charge in [0.1, 0.15) is 16.5 Å². The Morgan fingerprint density at radius 1 is 1.19 bits per heavy atom. The van der Waals surface area contributed by atoms with Gasteiger partial charge >= 0.3 is 0 Å². The molecule has 2 aromatic rings. The van der Waals surface area contributed by atoms with E-state index in [1.54, 1.807) is 6.92 Å². The Morgan fingerprint density at radius 2 is 1.86 bits per heavy atom. The van der Waals surface area contributed by atoms with Crippen molar-refractivity contribution in [3.8, 4) is 0 Å². The normalized spacial score (nSPS) is 11.4. The molecule has 0 aliphatic rings. The fraction of sp³-hybridized carbons (Fsp3) is 0.0769. The monoisotopic (exact) mass is 332 g/mol. The lowest BCUT2D eigenvalue weighted by atomic mass is 10.2. The predicted molar refractivity (Wildman–Crippen MR) is 77.8 cm³/mol. The Labute approximate surface area is 125 Å². The second-order valence-corrected chi connectivity index (χ2v) is 6.43. The molecule has 0 aromatic heterocycles. The van der Waals surface area contributed by atoms with Gasteiger partial charge < -0.3 is 5.73 Å². The summed E-state index contributed by atoms with van der Waals surface area (Å²) in [7, 11) is -4.19. The van der Waals surface area contributed by atoms with Crippen LogP contribution in [-0.2, 0) is 10.0 Å². The summed E-state index contributed by atoms with van der Waals surface area (Å²) in [5, 5.41) is -0.0639. The molecule has 0 bridgehead atoms. The number of halogens is 3. The summed E-state index contributed by atoms with van der Waals surface area (Å²) in [6.45, 7) is 1.66. The van der Waals surface area contributed by atoms with Gasteiger partial charge in [-0.25, -0.2) is 17.2 Å². The maximum atomic E-state index is 13.5. The van der Waals surface area contributed by atoms with Gasteiger partial charge in [-0.1, -0.05) is 11.6 Å².